The highest BCUT2D eigenvalue weighted by Gasteiger charge is 2.26. The summed E-state index contributed by atoms with van der Waals surface area (Å²) in [7, 11) is 1.41. The molecule has 0 bridgehead atoms. The van der Waals surface area contributed by atoms with Crippen LogP contribution >= 0.6 is 0 Å². The topological polar surface area (TPSA) is 120 Å². The fourth-order valence-corrected chi connectivity index (χ4v) is 3.10. The Morgan fingerprint density at radius 3 is 2.52 bits per heavy atom. The number of benzene rings is 2. The molecule has 1 heterocycles. The molecule has 0 aliphatic heterocycles. The molecule has 144 valence electrons. The van der Waals surface area contributed by atoms with E-state index in [1.54, 1.807) is 0 Å². The van der Waals surface area contributed by atoms with Gasteiger partial charge in [-0.05, 0) is 38.8 Å². The fraction of sp³-hybridized carbons (Fsp3) is 0.350. The summed E-state index contributed by atoms with van der Waals surface area (Å²) in [6.07, 6.45) is -0.637. The maximum atomic E-state index is 12.8. The largest absolute Gasteiger partial charge is 0.507 e. The van der Waals surface area contributed by atoms with E-state index in [0.717, 1.165) is 0 Å². The van der Waals surface area contributed by atoms with Crippen LogP contribution in [0.3, 0.4) is 0 Å². The number of methoxy groups -OCH3 is 1. The molecular formula is C20H22O7. The minimum Gasteiger partial charge on any atom is -0.507 e. The van der Waals surface area contributed by atoms with Gasteiger partial charge < -0.3 is 29.6 Å². The summed E-state index contributed by atoms with van der Waals surface area (Å²) in [6, 6.07) is 5.73. The number of hydrogen-bond acceptors (Lipinski definition) is 7. The van der Waals surface area contributed by atoms with Gasteiger partial charge in [-0.2, -0.15) is 0 Å². The Kier molecular flexibility index (Phi) is 4.75. The van der Waals surface area contributed by atoms with Crippen LogP contribution in [-0.2, 0) is 6.42 Å². The van der Waals surface area contributed by atoms with Crippen LogP contribution in [0.15, 0.2) is 33.5 Å². The first-order chi connectivity index (χ1) is 12.6. The van der Waals surface area contributed by atoms with Crippen molar-refractivity contribution in [2.45, 2.75) is 38.4 Å². The van der Waals surface area contributed by atoms with E-state index < -0.39 is 17.1 Å². The zero-order valence-electron chi connectivity index (χ0n) is 15.3. The normalized spacial score (nSPS) is 13.2. The molecule has 0 fully saturated rings. The summed E-state index contributed by atoms with van der Waals surface area (Å²) in [5.74, 6) is -0.218. The molecule has 4 N–H and O–H groups in total. The number of phenolic OH excluding ortho intramolecular Hbond substituents is 2. The van der Waals surface area contributed by atoms with E-state index in [-0.39, 0.29) is 52.0 Å². The molecule has 7 nitrogen and oxygen atoms in total. The third kappa shape index (κ3) is 3.31. The van der Waals surface area contributed by atoms with Crippen molar-refractivity contribution in [1.29, 1.82) is 0 Å². The summed E-state index contributed by atoms with van der Waals surface area (Å²) >= 11 is 0. The van der Waals surface area contributed by atoms with E-state index in [0.29, 0.717) is 5.56 Å². The summed E-state index contributed by atoms with van der Waals surface area (Å²) in [5.41, 5.74) is -1.24. The molecule has 1 atom stereocenters. The molecule has 0 aliphatic rings. The van der Waals surface area contributed by atoms with Gasteiger partial charge in [0.1, 0.15) is 22.5 Å². The molecule has 0 unspecified atom stereocenters. The molecule has 1 aromatic heterocycles. The van der Waals surface area contributed by atoms with Crippen LogP contribution in [0.5, 0.6) is 17.2 Å². The molecule has 0 saturated carbocycles. The van der Waals surface area contributed by atoms with Crippen molar-refractivity contribution in [3.05, 3.63) is 40.1 Å². The Morgan fingerprint density at radius 2 is 1.89 bits per heavy atom. The van der Waals surface area contributed by atoms with Crippen LogP contribution in [0.25, 0.3) is 21.9 Å². The Labute approximate surface area is 155 Å². The van der Waals surface area contributed by atoms with Crippen molar-refractivity contribution in [2.75, 3.05) is 7.11 Å². The Hall–Kier alpha value is -2.77. The minimum absolute atomic E-state index is 0.00643. The van der Waals surface area contributed by atoms with E-state index in [1.807, 2.05) is 0 Å². The zero-order chi connectivity index (χ0) is 19.9. The smallest absolute Gasteiger partial charge is 0.204 e. The number of fused-ring (bicyclic) bond motifs is 2. The number of aryl methyl sites for hydroxylation is 1. The van der Waals surface area contributed by atoms with Crippen molar-refractivity contribution in [3.63, 3.8) is 0 Å². The van der Waals surface area contributed by atoms with Crippen molar-refractivity contribution < 1.29 is 29.6 Å². The maximum absolute atomic E-state index is 12.8. The van der Waals surface area contributed by atoms with Gasteiger partial charge in [-0.3, -0.25) is 4.79 Å². The number of aliphatic hydroxyl groups excluding tert-OH is 1. The standard InChI is InChI=1S/C20H22O7/c1-20(2,25)15(23)8-7-10-14(26-3)9-13(22)16-17(24)11-5-4-6-12(21)18(11)27-19(10)16/h4-6,9,15,21-23,25H,7-8H2,1-3H3/t15-/m0/s1. The van der Waals surface area contributed by atoms with E-state index in [4.69, 9.17) is 9.15 Å². The SMILES string of the molecule is COc1cc(O)c2c(=O)c3cccc(O)c3oc2c1CC[C@H](O)C(C)(C)O. The second kappa shape index (κ2) is 6.75. The average Bonchev–Trinajstić information content (AvgIpc) is 2.60. The second-order valence-electron chi connectivity index (χ2n) is 7.07. The van der Waals surface area contributed by atoms with Gasteiger partial charge in [-0.25, -0.2) is 0 Å². The number of phenols is 2. The van der Waals surface area contributed by atoms with Crippen molar-refractivity contribution in [3.8, 4) is 17.2 Å². The molecule has 0 radical (unpaired) electrons. The zero-order valence-corrected chi connectivity index (χ0v) is 15.3. The fourth-order valence-electron chi connectivity index (χ4n) is 3.10. The first-order valence-electron chi connectivity index (χ1n) is 8.53. The van der Waals surface area contributed by atoms with Crippen molar-refractivity contribution in [2.24, 2.45) is 0 Å². The highest BCUT2D eigenvalue weighted by molar-refractivity contribution is 5.97. The van der Waals surface area contributed by atoms with Crippen LogP contribution < -0.4 is 10.2 Å². The van der Waals surface area contributed by atoms with E-state index >= 15 is 0 Å². The van der Waals surface area contributed by atoms with Crippen LogP contribution in [0.1, 0.15) is 25.8 Å². The van der Waals surface area contributed by atoms with Gasteiger partial charge in [0.15, 0.2) is 11.3 Å². The van der Waals surface area contributed by atoms with Crippen LogP contribution in [0.4, 0.5) is 0 Å². The summed E-state index contributed by atoms with van der Waals surface area (Å²) in [4.78, 5) is 12.8. The molecular weight excluding hydrogens is 352 g/mol. The Balaban J connectivity index is 2.28. The van der Waals surface area contributed by atoms with Gasteiger partial charge >= 0.3 is 0 Å². The first-order valence-corrected chi connectivity index (χ1v) is 8.53. The third-order valence-corrected chi connectivity index (χ3v) is 4.70. The van der Waals surface area contributed by atoms with Gasteiger partial charge in [-0.1, -0.05) is 6.07 Å². The van der Waals surface area contributed by atoms with Crippen LogP contribution in [0.2, 0.25) is 0 Å². The molecule has 3 aromatic rings. The summed E-state index contributed by atoms with van der Waals surface area (Å²) in [6.45, 7) is 2.99. The highest BCUT2D eigenvalue weighted by atomic mass is 16.5. The number of rotatable bonds is 5. The summed E-state index contributed by atoms with van der Waals surface area (Å²) < 4.78 is 11.1. The molecule has 0 amide bonds. The van der Waals surface area contributed by atoms with Crippen LogP contribution in [0, 0.1) is 0 Å². The van der Waals surface area contributed by atoms with Gasteiger partial charge in [0.2, 0.25) is 5.43 Å². The third-order valence-electron chi connectivity index (χ3n) is 4.70. The number of ether oxygens (including phenoxy) is 1. The predicted molar refractivity (Wildman–Crippen MR) is 100 cm³/mol. The monoisotopic (exact) mass is 374 g/mol. The number of aromatic hydroxyl groups is 2. The van der Waals surface area contributed by atoms with Gasteiger partial charge in [0.25, 0.3) is 0 Å². The lowest BCUT2D eigenvalue weighted by atomic mass is 9.94. The summed E-state index contributed by atoms with van der Waals surface area (Å²) in [5, 5.41) is 40.6. The number of para-hydroxylation sites is 1. The van der Waals surface area contributed by atoms with E-state index in [2.05, 4.69) is 0 Å². The lowest BCUT2D eigenvalue weighted by molar-refractivity contribution is -0.0510. The Morgan fingerprint density at radius 1 is 1.19 bits per heavy atom. The minimum atomic E-state index is -1.30. The quantitative estimate of drug-likeness (QED) is 0.506. The molecule has 7 heteroatoms. The first kappa shape index (κ1) is 19.0. The second-order valence-corrected chi connectivity index (χ2v) is 7.07. The van der Waals surface area contributed by atoms with Crippen LogP contribution in [-0.4, -0.2) is 39.2 Å². The van der Waals surface area contributed by atoms with Crippen molar-refractivity contribution in [1.82, 2.24) is 0 Å². The maximum Gasteiger partial charge on any atom is 0.204 e. The molecule has 0 saturated heterocycles. The molecule has 0 aliphatic carbocycles. The average molecular weight is 374 g/mol. The number of aliphatic hydroxyl groups is 2. The van der Waals surface area contributed by atoms with E-state index in [1.165, 1.54) is 45.2 Å². The Bertz CT molecular complexity index is 1060. The highest BCUT2D eigenvalue weighted by Crippen LogP contribution is 2.37. The lowest BCUT2D eigenvalue weighted by Gasteiger charge is -2.24. The molecule has 27 heavy (non-hydrogen) atoms. The lowest BCUT2D eigenvalue weighted by Crippen LogP contribution is -2.36. The van der Waals surface area contributed by atoms with Crippen molar-refractivity contribution >= 4 is 21.9 Å². The molecule has 2 aromatic carbocycles. The van der Waals surface area contributed by atoms with Gasteiger partial charge in [0, 0.05) is 11.6 Å². The predicted octanol–water partition coefficient (Wildman–Crippen LogP) is 2.43. The van der Waals surface area contributed by atoms with Gasteiger partial charge in [0.05, 0.1) is 24.2 Å². The number of hydrogen-bond donors (Lipinski definition) is 4. The molecule has 0 spiro atoms. The van der Waals surface area contributed by atoms with E-state index in [9.17, 15) is 25.2 Å². The molecule has 3 rings (SSSR count). The van der Waals surface area contributed by atoms with Gasteiger partial charge in [-0.15, -0.1) is 0 Å².